The molecule has 2 heterocycles. The van der Waals surface area contributed by atoms with Crippen LogP contribution in [0, 0.1) is 0 Å². The van der Waals surface area contributed by atoms with Crippen molar-refractivity contribution in [2.24, 2.45) is 0 Å². The molecule has 0 radical (unpaired) electrons. The van der Waals surface area contributed by atoms with Gasteiger partial charge < -0.3 is 9.84 Å². The zero-order valence-electron chi connectivity index (χ0n) is 8.35. The van der Waals surface area contributed by atoms with Crippen molar-refractivity contribution in [1.29, 1.82) is 0 Å². The Morgan fingerprint density at radius 2 is 2.31 bits per heavy atom. The van der Waals surface area contributed by atoms with E-state index < -0.39 is 17.5 Å². The summed E-state index contributed by atoms with van der Waals surface area (Å²) in [5, 5.41) is 8.84. The number of nitrogens with zero attached hydrogens (tertiary/aromatic N) is 1. The number of halogens is 1. The molecule has 0 aromatic carbocycles. The Kier molecular flexibility index (Phi) is 3.13. The lowest BCUT2D eigenvalue weighted by atomic mass is 10.2. The molecule has 1 fully saturated rings. The van der Waals surface area contributed by atoms with Gasteiger partial charge in [0.1, 0.15) is 11.3 Å². The van der Waals surface area contributed by atoms with Crippen LogP contribution in [0.15, 0.2) is 15.8 Å². The average molecular weight is 247 g/mol. The van der Waals surface area contributed by atoms with Gasteiger partial charge in [0, 0.05) is 6.20 Å². The van der Waals surface area contributed by atoms with Crippen LogP contribution in [0.1, 0.15) is 19.1 Å². The van der Waals surface area contributed by atoms with Crippen molar-refractivity contribution in [2.45, 2.75) is 25.2 Å². The minimum Gasteiger partial charge on any atom is -0.394 e. The predicted octanol–water partition coefficient (Wildman–Crippen LogP) is -0.140. The Morgan fingerprint density at radius 1 is 1.56 bits per heavy atom. The highest BCUT2D eigenvalue weighted by Crippen LogP contribution is 2.26. The second-order valence-electron chi connectivity index (χ2n) is 3.62. The zero-order valence-corrected chi connectivity index (χ0v) is 9.11. The first-order valence-corrected chi connectivity index (χ1v) is 5.27. The van der Waals surface area contributed by atoms with Crippen molar-refractivity contribution >= 4 is 11.6 Å². The summed E-state index contributed by atoms with van der Waals surface area (Å²) in [5.74, 6) is 0. The average Bonchev–Trinajstić information content (AvgIpc) is 2.71. The summed E-state index contributed by atoms with van der Waals surface area (Å²) in [6.07, 6.45) is 1.80. The molecule has 1 unspecified atom stereocenters. The number of hydrogen-bond acceptors (Lipinski definition) is 4. The number of hydrogen-bond donors (Lipinski definition) is 2. The van der Waals surface area contributed by atoms with Gasteiger partial charge in [-0.3, -0.25) is 14.3 Å². The van der Waals surface area contributed by atoms with Gasteiger partial charge in [0.25, 0.3) is 5.56 Å². The van der Waals surface area contributed by atoms with Gasteiger partial charge in [-0.1, -0.05) is 11.6 Å². The Hall–Kier alpha value is -1.11. The van der Waals surface area contributed by atoms with Gasteiger partial charge in [0.2, 0.25) is 0 Å². The van der Waals surface area contributed by atoms with Gasteiger partial charge in [-0.25, -0.2) is 4.79 Å². The number of nitrogens with one attached hydrogen (secondary N) is 1. The second-order valence-corrected chi connectivity index (χ2v) is 4.02. The van der Waals surface area contributed by atoms with Crippen LogP contribution in [0.3, 0.4) is 0 Å². The number of ether oxygens (including phenoxy) is 1. The smallest absolute Gasteiger partial charge is 0.330 e. The van der Waals surface area contributed by atoms with E-state index in [1.165, 1.54) is 10.8 Å². The van der Waals surface area contributed by atoms with Crippen molar-refractivity contribution < 1.29 is 9.84 Å². The van der Waals surface area contributed by atoms with E-state index in [1.807, 2.05) is 0 Å². The van der Waals surface area contributed by atoms with Crippen LogP contribution in [0.4, 0.5) is 0 Å². The van der Waals surface area contributed by atoms with E-state index >= 15 is 0 Å². The fraction of sp³-hybridized carbons (Fsp3) is 0.556. The lowest BCUT2D eigenvalue weighted by Gasteiger charge is -2.14. The summed E-state index contributed by atoms with van der Waals surface area (Å²) < 4.78 is 6.64. The van der Waals surface area contributed by atoms with Crippen LogP contribution in [-0.2, 0) is 4.74 Å². The lowest BCUT2D eigenvalue weighted by molar-refractivity contribution is -0.0246. The predicted molar refractivity (Wildman–Crippen MR) is 56.6 cm³/mol. The van der Waals surface area contributed by atoms with Gasteiger partial charge in [-0.15, -0.1) is 0 Å². The summed E-state index contributed by atoms with van der Waals surface area (Å²) in [7, 11) is 0. The van der Waals surface area contributed by atoms with E-state index in [0.29, 0.717) is 12.8 Å². The molecule has 1 aromatic rings. The molecule has 2 atom stereocenters. The molecule has 0 bridgehead atoms. The number of aliphatic hydroxyl groups excluding tert-OH is 1. The van der Waals surface area contributed by atoms with Crippen molar-refractivity contribution in [3.05, 3.63) is 32.1 Å². The minimum atomic E-state index is -0.611. The highest BCUT2D eigenvalue weighted by atomic mass is 35.5. The van der Waals surface area contributed by atoms with E-state index in [1.54, 1.807) is 0 Å². The highest BCUT2D eigenvalue weighted by Gasteiger charge is 2.26. The minimum absolute atomic E-state index is 0.0596. The van der Waals surface area contributed by atoms with Crippen molar-refractivity contribution in [3.63, 3.8) is 0 Å². The van der Waals surface area contributed by atoms with E-state index in [2.05, 4.69) is 4.98 Å². The lowest BCUT2D eigenvalue weighted by Crippen LogP contribution is -2.32. The number of H-pyrrole nitrogens is 1. The molecular formula is C9H11ClN2O4. The Morgan fingerprint density at radius 3 is 2.94 bits per heavy atom. The van der Waals surface area contributed by atoms with Gasteiger partial charge >= 0.3 is 5.69 Å². The van der Waals surface area contributed by atoms with Crippen molar-refractivity contribution in [1.82, 2.24) is 9.55 Å². The molecule has 88 valence electrons. The molecule has 0 saturated carbocycles. The largest absolute Gasteiger partial charge is 0.394 e. The molecule has 7 heteroatoms. The third kappa shape index (κ3) is 2.04. The second kappa shape index (κ2) is 4.40. The van der Waals surface area contributed by atoms with Crippen LogP contribution in [0.5, 0.6) is 0 Å². The van der Waals surface area contributed by atoms with Gasteiger partial charge in [0.05, 0.1) is 12.7 Å². The SMILES string of the molecule is O=c1[nH]c(=O)n(C2CC[C@@H](CO)O2)cc1Cl. The first-order chi connectivity index (χ1) is 7.61. The third-order valence-electron chi connectivity index (χ3n) is 2.52. The van der Waals surface area contributed by atoms with Crippen molar-refractivity contribution in [2.75, 3.05) is 6.61 Å². The quantitative estimate of drug-likeness (QED) is 0.761. The molecule has 0 spiro atoms. The number of aliphatic hydroxyl groups is 1. The van der Waals surface area contributed by atoms with Gasteiger partial charge in [-0.2, -0.15) is 0 Å². The van der Waals surface area contributed by atoms with Gasteiger partial charge in [-0.05, 0) is 12.8 Å². The first-order valence-electron chi connectivity index (χ1n) is 4.89. The topological polar surface area (TPSA) is 84.3 Å². The molecule has 2 rings (SSSR count). The number of aromatic amines is 1. The van der Waals surface area contributed by atoms with Crippen LogP contribution in [-0.4, -0.2) is 27.4 Å². The normalized spacial score (nSPS) is 24.9. The highest BCUT2D eigenvalue weighted by molar-refractivity contribution is 6.30. The van der Waals surface area contributed by atoms with Crippen LogP contribution >= 0.6 is 11.6 Å². The van der Waals surface area contributed by atoms with Gasteiger partial charge in [0.15, 0.2) is 0 Å². The molecule has 1 aliphatic heterocycles. The molecule has 2 N–H and O–H groups in total. The Labute approximate surface area is 95.4 Å². The molecular weight excluding hydrogens is 236 g/mol. The standard InChI is InChI=1S/C9H11ClN2O4/c10-6-3-12(9(15)11-8(6)14)7-2-1-5(4-13)16-7/h3,5,7,13H,1-2,4H2,(H,11,14,15)/t5-,7?/m0/s1. The third-order valence-corrected chi connectivity index (χ3v) is 2.79. The fourth-order valence-electron chi connectivity index (χ4n) is 1.70. The fourth-order valence-corrected chi connectivity index (χ4v) is 1.85. The summed E-state index contributed by atoms with van der Waals surface area (Å²) >= 11 is 5.63. The van der Waals surface area contributed by atoms with E-state index in [0.717, 1.165) is 0 Å². The summed E-state index contributed by atoms with van der Waals surface area (Å²) in [6, 6.07) is 0. The maximum Gasteiger partial charge on any atom is 0.330 e. The summed E-state index contributed by atoms with van der Waals surface area (Å²) in [5.41, 5.74) is -1.17. The molecule has 1 aliphatic rings. The Bertz CT molecular complexity index is 495. The molecule has 16 heavy (non-hydrogen) atoms. The Balaban J connectivity index is 2.32. The number of rotatable bonds is 2. The zero-order chi connectivity index (χ0) is 11.7. The molecule has 1 saturated heterocycles. The summed E-state index contributed by atoms with van der Waals surface area (Å²) in [6.45, 7) is -0.0810. The number of aromatic nitrogens is 2. The maximum atomic E-state index is 11.5. The molecule has 0 aliphatic carbocycles. The molecule has 1 aromatic heterocycles. The molecule has 6 nitrogen and oxygen atoms in total. The first kappa shape index (κ1) is 11.4. The molecule has 0 amide bonds. The maximum absolute atomic E-state index is 11.5. The van der Waals surface area contributed by atoms with Crippen LogP contribution < -0.4 is 11.2 Å². The van der Waals surface area contributed by atoms with Crippen LogP contribution in [0.2, 0.25) is 5.02 Å². The monoisotopic (exact) mass is 246 g/mol. The van der Waals surface area contributed by atoms with E-state index in [-0.39, 0.29) is 17.7 Å². The summed E-state index contributed by atoms with van der Waals surface area (Å²) in [4.78, 5) is 24.6. The van der Waals surface area contributed by atoms with Crippen molar-refractivity contribution in [3.8, 4) is 0 Å². The van der Waals surface area contributed by atoms with Crippen LogP contribution in [0.25, 0.3) is 0 Å². The van der Waals surface area contributed by atoms with E-state index in [9.17, 15) is 9.59 Å². The van der Waals surface area contributed by atoms with E-state index in [4.69, 9.17) is 21.4 Å².